The smallest absolute Gasteiger partial charge is 0.250 e. The molecule has 208 valence electrons. The lowest BCUT2D eigenvalue weighted by atomic mass is 9.87. The third-order valence-corrected chi connectivity index (χ3v) is 7.07. The summed E-state index contributed by atoms with van der Waals surface area (Å²) in [6, 6.07) is 21.3. The number of rotatable bonds is 10. The van der Waals surface area contributed by atoms with Crippen molar-refractivity contribution in [3.05, 3.63) is 77.9 Å². The molecule has 1 N–H and O–H groups in total. The van der Waals surface area contributed by atoms with E-state index in [9.17, 15) is 4.79 Å². The highest BCUT2D eigenvalue weighted by molar-refractivity contribution is 7.99. The molecule has 0 saturated heterocycles. The van der Waals surface area contributed by atoms with Crippen molar-refractivity contribution in [2.45, 2.75) is 31.3 Å². The minimum absolute atomic E-state index is 0.0392. The quantitative estimate of drug-likeness (QED) is 0.156. The van der Waals surface area contributed by atoms with Crippen LogP contribution in [0.15, 0.2) is 77.0 Å². The molecule has 10 heteroatoms. The zero-order valence-electron chi connectivity index (χ0n) is 23.5. The van der Waals surface area contributed by atoms with Crippen molar-refractivity contribution in [2.75, 3.05) is 27.1 Å². The molecule has 0 unspecified atom stereocenters. The molecule has 1 amide bonds. The minimum Gasteiger partial charge on any atom is -0.497 e. The highest BCUT2D eigenvalue weighted by Crippen LogP contribution is 2.31. The van der Waals surface area contributed by atoms with Gasteiger partial charge in [0, 0.05) is 22.9 Å². The molecule has 0 aliphatic carbocycles. The molecule has 0 saturated carbocycles. The second-order valence-corrected chi connectivity index (χ2v) is 10.8. The number of thioether (sulfide) groups is 1. The Kier molecular flexibility index (Phi) is 9.11. The van der Waals surface area contributed by atoms with Gasteiger partial charge in [-0.15, -0.1) is 10.2 Å². The molecule has 3 aromatic carbocycles. The Labute approximate surface area is 238 Å². The molecular formula is C30H33N5O4S. The monoisotopic (exact) mass is 559 g/mol. The van der Waals surface area contributed by atoms with Gasteiger partial charge in [0.15, 0.2) is 11.0 Å². The summed E-state index contributed by atoms with van der Waals surface area (Å²) in [6.07, 6.45) is 1.53. The molecule has 0 spiro atoms. The molecule has 0 radical (unpaired) electrons. The molecular weight excluding hydrogens is 526 g/mol. The fourth-order valence-electron chi connectivity index (χ4n) is 3.90. The number of methoxy groups -OCH3 is 3. The molecule has 4 rings (SSSR count). The number of nitrogens with zero attached hydrogens (tertiary/aromatic N) is 4. The van der Waals surface area contributed by atoms with Crippen molar-refractivity contribution in [3.8, 4) is 34.3 Å². The maximum absolute atomic E-state index is 12.6. The Morgan fingerprint density at radius 2 is 1.60 bits per heavy atom. The third-order valence-electron chi connectivity index (χ3n) is 6.14. The number of hydrogen-bond acceptors (Lipinski definition) is 8. The van der Waals surface area contributed by atoms with E-state index in [1.54, 1.807) is 39.5 Å². The molecule has 1 heterocycles. The number of ether oxygens (including phenoxy) is 3. The predicted octanol–water partition coefficient (Wildman–Crippen LogP) is 5.50. The molecule has 9 nitrogen and oxygen atoms in total. The number of carbonyl (C=O) groups excluding carboxylic acids is 1. The van der Waals surface area contributed by atoms with Crippen molar-refractivity contribution < 1.29 is 19.0 Å². The zero-order chi connectivity index (χ0) is 28.7. The van der Waals surface area contributed by atoms with Crippen LogP contribution in [0.25, 0.3) is 17.1 Å². The average molecular weight is 560 g/mol. The largest absolute Gasteiger partial charge is 0.497 e. The maximum Gasteiger partial charge on any atom is 0.250 e. The molecule has 4 aromatic rings. The Hall–Kier alpha value is -4.31. The van der Waals surface area contributed by atoms with Gasteiger partial charge in [0.25, 0.3) is 5.91 Å². The summed E-state index contributed by atoms with van der Waals surface area (Å²) >= 11 is 1.27. The maximum atomic E-state index is 12.6. The van der Waals surface area contributed by atoms with Crippen LogP contribution in [0, 0.1) is 0 Å². The van der Waals surface area contributed by atoms with Crippen LogP contribution in [-0.2, 0) is 10.2 Å². The van der Waals surface area contributed by atoms with Crippen LogP contribution in [0.4, 0.5) is 0 Å². The van der Waals surface area contributed by atoms with Crippen LogP contribution in [0.1, 0.15) is 31.9 Å². The first-order valence-corrected chi connectivity index (χ1v) is 13.6. The summed E-state index contributed by atoms with van der Waals surface area (Å²) in [5, 5.41) is 13.6. The number of benzene rings is 3. The van der Waals surface area contributed by atoms with Crippen molar-refractivity contribution >= 4 is 23.9 Å². The zero-order valence-corrected chi connectivity index (χ0v) is 24.3. The van der Waals surface area contributed by atoms with E-state index >= 15 is 0 Å². The number of hydrogen-bond donors (Lipinski definition) is 1. The van der Waals surface area contributed by atoms with Crippen molar-refractivity contribution in [1.82, 2.24) is 20.2 Å². The number of carbonyl (C=O) groups is 1. The Bertz CT molecular complexity index is 1480. The van der Waals surface area contributed by atoms with Crippen LogP contribution in [0.5, 0.6) is 17.2 Å². The van der Waals surface area contributed by atoms with E-state index in [1.807, 2.05) is 41.0 Å². The second kappa shape index (κ2) is 12.7. The first kappa shape index (κ1) is 28.7. The van der Waals surface area contributed by atoms with Crippen molar-refractivity contribution in [3.63, 3.8) is 0 Å². The number of aromatic nitrogens is 3. The summed E-state index contributed by atoms with van der Waals surface area (Å²) < 4.78 is 17.8. The highest BCUT2D eigenvalue weighted by Gasteiger charge is 2.19. The van der Waals surface area contributed by atoms with Gasteiger partial charge in [-0.05, 0) is 47.4 Å². The Balaban J connectivity index is 1.53. The van der Waals surface area contributed by atoms with Crippen molar-refractivity contribution in [2.24, 2.45) is 5.10 Å². The van der Waals surface area contributed by atoms with E-state index in [0.717, 1.165) is 17.0 Å². The van der Waals surface area contributed by atoms with E-state index in [0.29, 0.717) is 28.0 Å². The highest BCUT2D eigenvalue weighted by atomic mass is 32.2. The average Bonchev–Trinajstić information content (AvgIpc) is 3.39. The molecule has 40 heavy (non-hydrogen) atoms. The second-order valence-electron chi connectivity index (χ2n) is 9.86. The first-order chi connectivity index (χ1) is 19.2. The van der Waals surface area contributed by atoms with Gasteiger partial charge in [0.05, 0.1) is 33.3 Å². The van der Waals surface area contributed by atoms with Gasteiger partial charge in [-0.2, -0.15) is 5.10 Å². The molecule has 0 aliphatic rings. The van der Waals surface area contributed by atoms with E-state index in [1.165, 1.54) is 23.5 Å². The van der Waals surface area contributed by atoms with Gasteiger partial charge in [-0.25, -0.2) is 5.43 Å². The van der Waals surface area contributed by atoms with Crippen LogP contribution in [0.2, 0.25) is 0 Å². The number of amides is 1. The van der Waals surface area contributed by atoms with Gasteiger partial charge >= 0.3 is 0 Å². The Morgan fingerprint density at radius 3 is 2.23 bits per heavy atom. The van der Waals surface area contributed by atoms with Gasteiger partial charge in [-0.1, -0.05) is 56.8 Å². The molecule has 0 atom stereocenters. The summed E-state index contributed by atoms with van der Waals surface area (Å²) in [7, 11) is 4.78. The normalized spacial score (nSPS) is 11.4. The van der Waals surface area contributed by atoms with Gasteiger partial charge in [0.2, 0.25) is 0 Å². The van der Waals surface area contributed by atoms with E-state index < -0.39 is 0 Å². The van der Waals surface area contributed by atoms with Crippen LogP contribution in [-0.4, -0.2) is 54.0 Å². The fourth-order valence-corrected chi connectivity index (χ4v) is 4.64. The topological polar surface area (TPSA) is 99.9 Å². The van der Waals surface area contributed by atoms with E-state index in [4.69, 9.17) is 14.2 Å². The Morgan fingerprint density at radius 1 is 0.925 bits per heavy atom. The molecule has 0 bridgehead atoms. The van der Waals surface area contributed by atoms with Gasteiger partial charge in [0.1, 0.15) is 17.2 Å². The van der Waals surface area contributed by atoms with Gasteiger partial charge in [-0.3, -0.25) is 9.36 Å². The lowest BCUT2D eigenvalue weighted by molar-refractivity contribution is -0.118. The lowest BCUT2D eigenvalue weighted by Gasteiger charge is -2.19. The van der Waals surface area contributed by atoms with E-state index in [2.05, 4.69) is 53.6 Å². The SMILES string of the molecule is COc1ccc(-n2c(SCC(=O)N/N=C/c3ccc(OC)cc3OC)nnc2-c2ccc(C(C)(C)C)cc2)cc1. The lowest BCUT2D eigenvalue weighted by Crippen LogP contribution is -2.20. The third kappa shape index (κ3) is 6.81. The minimum atomic E-state index is -0.283. The summed E-state index contributed by atoms with van der Waals surface area (Å²) in [5.74, 6) is 2.48. The molecule has 1 aromatic heterocycles. The number of hydrazone groups is 1. The summed E-state index contributed by atoms with van der Waals surface area (Å²) in [4.78, 5) is 12.6. The molecule has 0 aliphatic heterocycles. The van der Waals surface area contributed by atoms with Crippen LogP contribution in [0.3, 0.4) is 0 Å². The van der Waals surface area contributed by atoms with Crippen molar-refractivity contribution in [1.29, 1.82) is 0 Å². The number of nitrogens with one attached hydrogen (secondary N) is 1. The summed E-state index contributed by atoms with van der Waals surface area (Å²) in [5.41, 5.74) is 6.31. The van der Waals surface area contributed by atoms with E-state index in [-0.39, 0.29) is 17.1 Å². The van der Waals surface area contributed by atoms with Gasteiger partial charge < -0.3 is 14.2 Å². The first-order valence-electron chi connectivity index (χ1n) is 12.6. The molecule has 0 fully saturated rings. The van der Waals surface area contributed by atoms with Crippen LogP contribution >= 0.6 is 11.8 Å². The fraction of sp³-hybridized carbons (Fsp3) is 0.267. The summed E-state index contributed by atoms with van der Waals surface area (Å²) in [6.45, 7) is 6.54. The standard InChI is InChI=1S/C30H33N5O4S/c1-30(2,3)22-10-7-20(8-11-22)28-33-34-29(35(28)23-12-15-24(37-4)16-13-23)40-19-27(36)32-31-18-21-9-14-25(38-5)17-26(21)39-6/h7-18H,19H2,1-6H3,(H,32,36)/b31-18+. The van der Waals surface area contributed by atoms with Crippen LogP contribution < -0.4 is 19.6 Å². The predicted molar refractivity (Wildman–Crippen MR) is 158 cm³/mol.